The number of hydrogen-bond donors (Lipinski definition) is 2. The molecule has 0 aliphatic carbocycles. The van der Waals surface area contributed by atoms with Crippen LogP contribution in [0, 0.1) is 0 Å². The highest BCUT2D eigenvalue weighted by molar-refractivity contribution is 9.10. The van der Waals surface area contributed by atoms with Crippen molar-refractivity contribution < 1.29 is 4.79 Å². The number of amides is 1. The zero-order valence-electron chi connectivity index (χ0n) is 13.9. The maximum Gasteiger partial charge on any atom is 0.255 e. The monoisotopic (exact) mass is 428 g/mol. The summed E-state index contributed by atoms with van der Waals surface area (Å²) < 4.78 is 1.01. The number of nitrogens with zero attached hydrogens (tertiary/aromatic N) is 2. The molecule has 0 bridgehead atoms. The largest absolute Gasteiger partial charge is 0.360 e. The number of hydrogen-bond acceptors (Lipinski definition) is 5. The summed E-state index contributed by atoms with van der Waals surface area (Å²) in [4.78, 5) is 12.9. The number of nitrogens with one attached hydrogen (secondary N) is 2. The maximum atomic E-state index is 12.9. The van der Waals surface area contributed by atoms with Gasteiger partial charge in [0, 0.05) is 21.5 Å². The van der Waals surface area contributed by atoms with E-state index in [0.717, 1.165) is 21.3 Å². The Kier molecular flexibility index (Phi) is 4.74. The third kappa shape index (κ3) is 3.12. The van der Waals surface area contributed by atoms with Crippen molar-refractivity contribution in [3.8, 4) is 0 Å². The summed E-state index contributed by atoms with van der Waals surface area (Å²) in [6, 6.07) is 15.5. The number of carbonyl (C=O) groups is 1. The summed E-state index contributed by atoms with van der Waals surface area (Å²) >= 11 is 4.93. The molecule has 26 heavy (non-hydrogen) atoms. The predicted octanol–water partition coefficient (Wildman–Crippen LogP) is 4.24. The normalized spacial score (nSPS) is 21.0. The molecular formula is C19H17BrN4OS. The SMILES string of the molecule is C=CCSC1=NN2[C@@H](c3ccc(Br)cc3)Nc3ccccc3[C@@H]2C(=O)N1. The fourth-order valence-electron chi connectivity index (χ4n) is 3.14. The summed E-state index contributed by atoms with van der Waals surface area (Å²) in [7, 11) is 0. The second-order valence-corrected chi connectivity index (χ2v) is 7.89. The number of amidine groups is 1. The predicted molar refractivity (Wildman–Crippen MR) is 110 cm³/mol. The van der Waals surface area contributed by atoms with Crippen LogP contribution in [0.3, 0.4) is 0 Å². The van der Waals surface area contributed by atoms with Crippen molar-refractivity contribution in [3.63, 3.8) is 0 Å². The zero-order chi connectivity index (χ0) is 18.1. The molecule has 2 aromatic carbocycles. The average molecular weight is 429 g/mol. The standard InChI is InChI=1S/C19H17BrN4OS/c1-2-11-26-19-22-18(25)16-14-5-3-4-6-15(14)21-17(24(16)23-19)12-7-9-13(20)10-8-12/h2-10,16-17,21H,1,11H2,(H,22,23,25)/t16-,17+/m1/s1. The van der Waals surface area contributed by atoms with E-state index in [1.807, 2.05) is 53.5 Å². The number of carbonyl (C=O) groups excluding carboxylic acids is 1. The van der Waals surface area contributed by atoms with Crippen LogP contribution in [-0.4, -0.2) is 21.8 Å². The number of anilines is 1. The lowest BCUT2D eigenvalue weighted by molar-refractivity contribution is -0.127. The van der Waals surface area contributed by atoms with Crippen LogP contribution in [0.2, 0.25) is 0 Å². The van der Waals surface area contributed by atoms with Gasteiger partial charge in [0.15, 0.2) is 11.2 Å². The van der Waals surface area contributed by atoms with Crippen molar-refractivity contribution in [1.82, 2.24) is 10.3 Å². The first-order valence-electron chi connectivity index (χ1n) is 8.20. The molecule has 1 amide bonds. The second-order valence-electron chi connectivity index (χ2n) is 5.96. The van der Waals surface area contributed by atoms with Crippen LogP contribution in [0.15, 0.2) is 70.8 Å². The van der Waals surface area contributed by atoms with Crippen molar-refractivity contribution in [2.45, 2.75) is 12.2 Å². The Balaban J connectivity index is 1.79. The highest BCUT2D eigenvalue weighted by Gasteiger charge is 2.41. The van der Waals surface area contributed by atoms with E-state index in [1.165, 1.54) is 11.8 Å². The molecule has 2 aliphatic rings. The number of halogens is 1. The number of benzene rings is 2. The Labute approximate surface area is 164 Å². The van der Waals surface area contributed by atoms with E-state index >= 15 is 0 Å². The number of fused-ring (bicyclic) bond motifs is 3. The molecule has 2 atom stereocenters. The minimum Gasteiger partial charge on any atom is -0.360 e. The molecule has 0 saturated carbocycles. The van der Waals surface area contributed by atoms with Gasteiger partial charge in [-0.1, -0.05) is 64.1 Å². The van der Waals surface area contributed by atoms with Crippen molar-refractivity contribution in [2.24, 2.45) is 5.10 Å². The molecule has 0 saturated heterocycles. The van der Waals surface area contributed by atoms with E-state index in [0.29, 0.717) is 10.9 Å². The van der Waals surface area contributed by atoms with E-state index in [4.69, 9.17) is 5.10 Å². The molecule has 132 valence electrons. The van der Waals surface area contributed by atoms with Gasteiger partial charge in [-0.3, -0.25) is 9.80 Å². The molecule has 0 fully saturated rings. The van der Waals surface area contributed by atoms with E-state index in [9.17, 15) is 4.79 Å². The first kappa shape index (κ1) is 17.2. The highest BCUT2D eigenvalue weighted by Crippen LogP contribution is 2.42. The lowest BCUT2D eigenvalue weighted by atomic mass is 9.97. The van der Waals surface area contributed by atoms with Gasteiger partial charge in [0.05, 0.1) is 0 Å². The molecule has 2 aromatic rings. The quantitative estimate of drug-likeness (QED) is 0.717. The Morgan fingerprint density at radius 1 is 1.23 bits per heavy atom. The summed E-state index contributed by atoms with van der Waals surface area (Å²) in [5.74, 6) is 0.618. The summed E-state index contributed by atoms with van der Waals surface area (Å²) in [5.41, 5.74) is 2.92. The molecule has 5 nitrogen and oxygen atoms in total. The summed E-state index contributed by atoms with van der Waals surface area (Å²) in [6.45, 7) is 3.73. The third-order valence-corrected chi connectivity index (χ3v) is 5.67. The van der Waals surface area contributed by atoms with Crippen molar-refractivity contribution in [2.75, 3.05) is 11.1 Å². The smallest absolute Gasteiger partial charge is 0.255 e. The van der Waals surface area contributed by atoms with Crippen molar-refractivity contribution in [3.05, 3.63) is 76.8 Å². The maximum absolute atomic E-state index is 12.9. The molecule has 0 aromatic heterocycles. The Morgan fingerprint density at radius 3 is 2.77 bits per heavy atom. The van der Waals surface area contributed by atoms with Gasteiger partial charge in [0.25, 0.3) is 5.91 Å². The first-order valence-corrected chi connectivity index (χ1v) is 9.97. The van der Waals surface area contributed by atoms with Gasteiger partial charge in [-0.05, 0) is 23.8 Å². The van der Waals surface area contributed by atoms with Crippen molar-refractivity contribution >= 4 is 44.5 Å². The molecule has 2 heterocycles. The molecule has 2 N–H and O–H groups in total. The Morgan fingerprint density at radius 2 is 2.00 bits per heavy atom. The van der Waals surface area contributed by atoms with Gasteiger partial charge in [-0.2, -0.15) is 0 Å². The summed E-state index contributed by atoms with van der Waals surface area (Å²) in [6.07, 6.45) is 1.56. The fraction of sp³-hybridized carbons (Fsp3) is 0.158. The Hall–Kier alpha value is -2.25. The topological polar surface area (TPSA) is 56.7 Å². The van der Waals surface area contributed by atoms with Crippen LogP contribution in [-0.2, 0) is 4.79 Å². The van der Waals surface area contributed by atoms with Gasteiger partial charge in [-0.15, -0.1) is 11.7 Å². The van der Waals surface area contributed by atoms with Gasteiger partial charge < -0.3 is 10.6 Å². The molecule has 4 rings (SSSR count). The van der Waals surface area contributed by atoms with E-state index in [-0.39, 0.29) is 12.1 Å². The minimum absolute atomic E-state index is 0.0670. The fourth-order valence-corrected chi connectivity index (χ4v) is 4.00. The van der Waals surface area contributed by atoms with Crippen LogP contribution < -0.4 is 10.6 Å². The van der Waals surface area contributed by atoms with Gasteiger partial charge in [-0.25, -0.2) is 0 Å². The zero-order valence-corrected chi connectivity index (χ0v) is 16.3. The lowest BCUT2D eigenvalue weighted by Crippen LogP contribution is -2.50. The second kappa shape index (κ2) is 7.17. The third-order valence-electron chi connectivity index (χ3n) is 4.29. The Bertz CT molecular complexity index is 883. The number of rotatable bonds is 3. The van der Waals surface area contributed by atoms with E-state index < -0.39 is 6.04 Å². The van der Waals surface area contributed by atoms with E-state index in [1.54, 1.807) is 6.08 Å². The molecule has 0 unspecified atom stereocenters. The number of hydrazone groups is 1. The van der Waals surface area contributed by atoms with Crippen LogP contribution in [0.5, 0.6) is 0 Å². The van der Waals surface area contributed by atoms with Gasteiger partial charge in [0.2, 0.25) is 0 Å². The molecule has 2 aliphatic heterocycles. The van der Waals surface area contributed by atoms with E-state index in [2.05, 4.69) is 33.1 Å². The van der Waals surface area contributed by atoms with Crippen LogP contribution in [0.4, 0.5) is 5.69 Å². The molecule has 7 heteroatoms. The van der Waals surface area contributed by atoms with Crippen molar-refractivity contribution in [1.29, 1.82) is 0 Å². The van der Waals surface area contributed by atoms with Gasteiger partial charge >= 0.3 is 0 Å². The number of para-hydroxylation sites is 1. The molecular weight excluding hydrogens is 412 g/mol. The first-order chi connectivity index (χ1) is 12.7. The van der Waals surface area contributed by atoms with Crippen LogP contribution in [0.25, 0.3) is 0 Å². The van der Waals surface area contributed by atoms with Crippen LogP contribution in [0.1, 0.15) is 23.3 Å². The highest BCUT2D eigenvalue weighted by atomic mass is 79.9. The molecule has 0 spiro atoms. The summed E-state index contributed by atoms with van der Waals surface area (Å²) in [5, 5.41) is 13.6. The van der Waals surface area contributed by atoms with Gasteiger partial charge in [0.1, 0.15) is 6.17 Å². The lowest BCUT2D eigenvalue weighted by Gasteiger charge is -2.43. The van der Waals surface area contributed by atoms with Crippen LogP contribution >= 0.6 is 27.7 Å². The minimum atomic E-state index is -0.464. The average Bonchev–Trinajstić information content (AvgIpc) is 2.66. The number of thioether (sulfide) groups is 1. The molecule has 0 radical (unpaired) electrons.